The Balaban J connectivity index is 1.77. The van der Waals surface area contributed by atoms with Crippen LogP contribution in [0.3, 0.4) is 0 Å². The summed E-state index contributed by atoms with van der Waals surface area (Å²) in [5.41, 5.74) is 1.60. The van der Waals surface area contributed by atoms with Gasteiger partial charge < -0.3 is 19.3 Å². The Kier molecular flexibility index (Phi) is 17.6. The molecule has 6 heteroatoms. The molecule has 0 radical (unpaired) electrons. The predicted octanol–water partition coefficient (Wildman–Crippen LogP) is 9.05. The molecule has 234 valence electrons. The molecule has 0 saturated carbocycles. The highest BCUT2D eigenvalue weighted by atomic mass is 16.5. The van der Waals surface area contributed by atoms with Crippen LogP contribution in [0, 0.1) is 0 Å². The predicted molar refractivity (Wildman–Crippen MR) is 174 cm³/mol. The maximum Gasteiger partial charge on any atom is 0.338 e. The molecule has 0 aliphatic rings. The van der Waals surface area contributed by atoms with Crippen LogP contribution in [0.25, 0.3) is 0 Å². The number of unbranched alkanes of at least 4 members (excludes halogenated alkanes) is 11. The number of para-hydroxylation sites is 1. The van der Waals surface area contributed by atoms with Crippen LogP contribution in [0.2, 0.25) is 0 Å². The highest BCUT2D eigenvalue weighted by Gasteiger charge is 2.20. The first kappa shape index (κ1) is 35.3. The van der Waals surface area contributed by atoms with Crippen LogP contribution in [0.15, 0.2) is 48.5 Å². The lowest BCUT2D eigenvalue weighted by atomic mass is 10.1. The van der Waals surface area contributed by atoms with Crippen molar-refractivity contribution in [2.24, 2.45) is 0 Å². The third-order valence-electron chi connectivity index (χ3n) is 8.19. The summed E-state index contributed by atoms with van der Waals surface area (Å²) in [6.07, 6.45) is 16.2. The summed E-state index contributed by atoms with van der Waals surface area (Å²) in [6.45, 7) is 10.6. The molecule has 0 spiro atoms. The molecule has 0 bridgehead atoms. The van der Waals surface area contributed by atoms with Crippen molar-refractivity contribution in [1.82, 2.24) is 0 Å². The molecule has 6 nitrogen and oxygen atoms in total. The molecule has 2 aromatic carbocycles. The summed E-state index contributed by atoms with van der Waals surface area (Å²) in [5, 5.41) is 2.93. The Labute approximate surface area is 255 Å². The van der Waals surface area contributed by atoms with E-state index in [9.17, 15) is 9.59 Å². The van der Waals surface area contributed by atoms with Crippen molar-refractivity contribution in [2.45, 2.75) is 104 Å². The molecule has 2 aromatic rings. The second-order valence-electron chi connectivity index (χ2n) is 11.8. The Morgan fingerprint density at radius 2 is 1.29 bits per heavy atom. The molecular weight excluding hydrogens is 524 g/mol. The van der Waals surface area contributed by atoms with Gasteiger partial charge in [0.2, 0.25) is 0 Å². The summed E-state index contributed by atoms with van der Waals surface area (Å²) < 4.78 is 12.5. The van der Waals surface area contributed by atoms with Crippen LogP contribution in [0.1, 0.15) is 125 Å². The topological polar surface area (TPSA) is 64.6 Å². The minimum absolute atomic E-state index is 0.235. The molecule has 1 amide bonds. The van der Waals surface area contributed by atoms with Crippen molar-refractivity contribution in [3.05, 3.63) is 59.7 Å². The van der Waals surface area contributed by atoms with E-state index in [0.29, 0.717) is 35.8 Å². The average molecular weight is 582 g/mol. The van der Waals surface area contributed by atoms with E-state index in [2.05, 4.69) is 33.1 Å². The number of quaternary nitrogens is 1. The number of nitrogens with zero attached hydrogens (tertiary/aromatic N) is 1. The molecule has 42 heavy (non-hydrogen) atoms. The molecule has 0 aliphatic heterocycles. The summed E-state index contributed by atoms with van der Waals surface area (Å²) in [7, 11) is 2.25. The van der Waals surface area contributed by atoms with Gasteiger partial charge in [0, 0.05) is 5.69 Å². The second-order valence-corrected chi connectivity index (χ2v) is 11.8. The Bertz CT molecular complexity index is 1020. The Morgan fingerprint density at radius 1 is 0.690 bits per heavy atom. The van der Waals surface area contributed by atoms with Crippen LogP contribution >= 0.6 is 0 Å². The van der Waals surface area contributed by atoms with E-state index in [0.717, 1.165) is 37.0 Å². The molecule has 0 heterocycles. The number of carbonyl (C=O) groups is 2. The Hall–Kier alpha value is -2.86. The maximum atomic E-state index is 13.0. The number of anilines is 1. The zero-order chi connectivity index (χ0) is 30.5. The zero-order valence-corrected chi connectivity index (χ0v) is 26.9. The highest BCUT2D eigenvalue weighted by molar-refractivity contribution is 6.06. The summed E-state index contributed by atoms with van der Waals surface area (Å²) in [6, 6.07) is 14.2. The van der Waals surface area contributed by atoms with E-state index in [1.165, 1.54) is 70.6 Å². The van der Waals surface area contributed by atoms with Gasteiger partial charge in [-0.15, -0.1) is 0 Å². The van der Waals surface area contributed by atoms with Crippen LogP contribution in [0.5, 0.6) is 5.75 Å². The first-order chi connectivity index (χ1) is 20.4. The van der Waals surface area contributed by atoms with Gasteiger partial charge in [-0.1, -0.05) is 90.2 Å². The lowest BCUT2D eigenvalue weighted by Gasteiger charge is -2.33. The molecule has 0 saturated heterocycles. The quantitative estimate of drug-likeness (QED) is 0.0808. The number of hydrogen-bond donors (Lipinski definition) is 1. The standard InChI is InChI=1S/C36H56N2O4/c1-5-8-10-12-14-15-19-27-38(4,7-3)28-30-42-36(40)31-23-25-32(26-24-31)37-35(39)33-21-17-18-22-34(33)41-29-20-16-13-11-9-6-2/h17-18,21-26H,5-16,19-20,27-30H2,1-4H3/p+1. The molecule has 1 N–H and O–H groups in total. The van der Waals surface area contributed by atoms with E-state index >= 15 is 0 Å². The number of esters is 1. The average Bonchev–Trinajstić information content (AvgIpc) is 3.00. The van der Waals surface area contributed by atoms with Crippen LogP contribution < -0.4 is 10.1 Å². The minimum Gasteiger partial charge on any atom is -0.493 e. The van der Waals surface area contributed by atoms with Gasteiger partial charge in [-0.25, -0.2) is 4.79 Å². The van der Waals surface area contributed by atoms with Gasteiger partial charge in [-0.05, 0) is 62.6 Å². The minimum atomic E-state index is -0.333. The number of benzene rings is 2. The SMILES string of the molecule is CCCCCCCCC[N+](C)(CC)CCOC(=O)c1ccc(NC(=O)c2ccccc2OCCCCCCCC)cc1. The smallest absolute Gasteiger partial charge is 0.338 e. The first-order valence-corrected chi connectivity index (χ1v) is 16.6. The normalized spacial score (nSPS) is 12.5. The lowest BCUT2D eigenvalue weighted by Crippen LogP contribution is -2.47. The van der Waals surface area contributed by atoms with E-state index in [1.54, 1.807) is 30.3 Å². The molecule has 0 fully saturated rings. The van der Waals surface area contributed by atoms with Crippen LogP contribution in [-0.4, -0.2) is 56.3 Å². The second kappa shape index (κ2) is 20.9. The van der Waals surface area contributed by atoms with Crippen molar-refractivity contribution in [2.75, 3.05) is 45.2 Å². The molecule has 1 atom stereocenters. The van der Waals surface area contributed by atoms with Crippen molar-refractivity contribution < 1.29 is 23.5 Å². The highest BCUT2D eigenvalue weighted by Crippen LogP contribution is 2.21. The van der Waals surface area contributed by atoms with E-state index in [-0.39, 0.29) is 11.9 Å². The lowest BCUT2D eigenvalue weighted by molar-refractivity contribution is -0.908. The third-order valence-corrected chi connectivity index (χ3v) is 8.19. The van der Waals surface area contributed by atoms with Crippen LogP contribution in [-0.2, 0) is 4.74 Å². The summed E-state index contributed by atoms with van der Waals surface area (Å²) in [4.78, 5) is 25.7. The molecule has 2 rings (SSSR count). The molecular formula is C36H57N2O4+. The summed E-state index contributed by atoms with van der Waals surface area (Å²) >= 11 is 0. The van der Waals surface area contributed by atoms with Crippen molar-refractivity contribution >= 4 is 17.6 Å². The number of amides is 1. The number of likely N-dealkylation sites (N-methyl/N-ethyl adjacent to an activating group) is 1. The van der Waals surface area contributed by atoms with Crippen molar-refractivity contribution in [3.8, 4) is 5.75 Å². The van der Waals surface area contributed by atoms with Gasteiger partial charge in [0.1, 0.15) is 18.9 Å². The van der Waals surface area contributed by atoms with E-state index < -0.39 is 0 Å². The van der Waals surface area contributed by atoms with Crippen LogP contribution in [0.4, 0.5) is 5.69 Å². The van der Waals surface area contributed by atoms with Gasteiger partial charge in [-0.2, -0.15) is 0 Å². The van der Waals surface area contributed by atoms with E-state index in [4.69, 9.17) is 9.47 Å². The van der Waals surface area contributed by atoms with Crippen molar-refractivity contribution in [1.29, 1.82) is 0 Å². The molecule has 1 unspecified atom stereocenters. The van der Waals surface area contributed by atoms with Gasteiger partial charge >= 0.3 is 5.97 Å². The molecule has 0 aromatic heterocycles. The van der Waals surface area contributed by atoms with Gasteiger partial charge in [0.25, 0.3) is 5.91 Å². The molecule has 0 aliphatic carbocycles. The number of ether oxygens (including phenoxy) is 2. The monoisotopic (exact) mass is 581 g/mol. The number of hydrogen-bond acceptors (Lipinski definition) is 4. The van der Waals surface area contributed by atoms with Gasteiger partial charge in [-0.3, -0.25) is 4.79 Å². The summed E-state index contributed by atoms with van der Waals surface area (Å²) in [5.74, 6) is 0.0227. The third kappa shape index (κ3) is 13.9. The van der Waals surface area contributed by atoms with Gasteiger partial charge in [0.05, 0.1) is 37.9 Å². The maximum absolute atomic E-state index is 13.0. The van der Waals surface area contributed by atoms with E-state index in [1.807, 2.05) is 18.2 Å². The number of carbonyl (C=O) groups excluding carboxylic acids is 2. The fourth-order valence-corrected chi connectivity index (χ4v) is 5.05. The first-order valence-electron chi connectivity index (χ1n) is 16.6. The fourth-order valence-electron chi connectivity index (χ4n) is 5.05. The zero-order valence-electron chi connectivity index (χ0n) is 26.9. The number of nitrogens with one attached hydrogen (secondary N) is 1. The fraction of sp³-hybridized carbons (Fsp3) is 0.611. The Morgan fingerprint density at radius 3 is 1.93 bits per heavy atom. The van der Waals surface area contributed by atoms with Crippen molar-refractivity contribution in [3.63, 3.8) is 0 Å². The number of rotatable bonds is 23. The van der Waals surface area contributed by atoms with Gasteiger partial charge in [0.15, 0.2) is 0 Å². The largest absolute Gasteiger partial charge is 0.493 e.